The molecule has 0 aromatic heterocycles. The summed E-state index contributed by atoms with van der Waals surface area (Å²) >= 11 is 97.6. The van der Waals surface area contributed by atoms with Gasteiger partial charge in [0.1, 0.15) is 20.9 Å². The van der Waals surface area contributed by atoms with E-state index in [1.165, 1.54) is 0 Å². The zero-order valence-corrected chi connectivity index (χ0v) is 97.3. The van der Waals surface area contributed by atoms with Gasteiger partial charge in [-0.05, 0) is 0 Å². The van der Waals surface area contributed by atoms with Gasteiger partial charge in [0.15, 0.2) is 0 Å². The minimum Gasteiger partial charge on any atom is -0.0686 e. The monoisotopic (exact) mass is 4650 g/mol. The maximum Gasteiger partial charge on any atom is 0.149 e. The highest BCUT2D eigenvalue weighted by atomic mass is 127. The molecule has 0 N–H and O–H groups in total. The van der Waals surface area contributed by atoms with Crippen molar-refractivity contribution < 1.29 is 0 Å². The Kier molecular flexibility index (Phi) is 42.0. The molecule has 0 rings (SSSR count). The third-order valence-electron chi connectivity index (χ3n) is 6.18. The van der Waals surface area contributed by atoms with E-state index in [0.29, 0.717) is 1.93 Å². The van der Waals surface area contributed by atoms with Gasteiger partial charge in [-0.25, -0.2) is 0 Å². The smallest absolute Gasteiger partial charge is 0.0686 e. The van der Waals surface area contributed by atoms with Crippen LogP contribution in [0.5, 0.6) is 0 Å². The van der Waals surface area contributed by atoms with E-state index < -0.39 is 0 Å². The Hall–Kier alpha value is 25.6. The van der Waals surface area contributed by atoms with E-state index in [2.05, 4.69) is 791 Å². The predicted molar refractivity (Wildman–Crippen MR) is 538 cm³/mol. The Morgan fingerprint density at radius 1 is 0.173 bits per heavy atom. The number of rotatable bonds is 16. The number of hydrogen-bond donors (Lipinski definition) is 0. The Morgan fingerprint density at radius 3 is 0.404 bits per heavy atom. The molecule has 0 amide bonds. The van der Waals surface area contributed by atoms with Crippen molar-refractivity contribution in [2.24, 2.45) is 0 Å². The zero-order chi connectivity index (χ0) is 43.6. The molecule has 0 aliphatic rings. The molecule has 0 aliphatic carbocycles. The van der Waals surface area contributed by atoms with Crippen molar-refractivity contribution in [1.29, 1.82) is 0 Å². The van der Waals surface area contributed by atoms with Crippen LogP contribution in [0, 0.1) is 0 Å². The largest absolute Gasteiger partial charge is 0.149 e. The van der Waals surface area contributed by atoms with E-state index in [-0.39, 0.29) is 20.9 Å². The third-order valence-corrected chi connectivity index (χ3v) is 127. The number of hydrogen-bond acceptors (Lipinski definition) is 0. The van der Waals surface area contributed by atoms with Gasteiger partial charge in [0.2, 0.25) is 0 Å². The predicted octanol–water partition coefficient (Wildman–Crippen LogP) is 27.6. The molecule has 0 fully saturated rings. The maximum absolute atomic E-state index is 2.86. The van der Waals surface area contributed by atoms with Crippen LogP contribution in [0.25, 0.3) is 0 Å². The second-order valence-electron chi connectivity index (χ2n) is 9.46. The van der Waals surface area contributed by atoms with Gasteiger partial charge in [0.25, 0.3) is 0 Å². The molecule has 314 valence electrons. The number of alkyl halides is 35. The Bertz CT molecular complexity index is 1290. The summed E-state index contributed by atoms with van der Waals surface area (Å²) in [6.07, 6.45) is 0. The van der Waals surface area contributed by atoms with Crippen LogP contribution in [-0.2, 0) is 0 Å². The highest BCUT2D eigenvalue weighted by Gasteiger charge is 2.83. The van der Waals surface area contributed by atoms with E-state index in [0.717, 1.165) is 0 Å². The summed E-state index contributed by atoms with van der Waals surface area (Å²) in [5.74, 6) is 0. The SMILES string of the molecule is IC(I)C(I)(I)C(I)(I)C(I)(I)C(I)(I)C(I)(I)C(I)(I)C(I)(I)C(I)(I)C(I)(I)C(I)(I)C(I)(I)C(I)(I)C(I)(I)C(I)(I)C(I)(I)C(I)(I)I. The van der Waals surface area contributed by atoms with Crippen molar-refractivity contribution in [3.8, 4) is 0 Å². The average Bonchev–Trinajstić information content (AvgIpc) is 2.90. The number of halogens is 35. The van der Waals surface area contributed by atoms with Crippen LogP contribution < -0.4 is 0 Å². The molecular weight excluding hydrogens is 4650 g/mol. The van der Waals surface area contributed by atoms with Gasteiger partial charge in [0, 0.05) is 0 Å². The highest BCUT2D eigenvalue weighted by Crippen LogP contribution is 2.85. The van der Waals surface area contributed by atoms with Gasteiger partial charge < -0.3 is 0 Å². The summed E-state index contributed by atoms with van der Waals surface area (Å²) in [5.41, 5.74) is 0. The van der Waals surface area contributed by atoms with E-state index in [4.69, 9.17) is 0 Å². The fraction of sp³-hybridized carbons (Fsp3) is 1.00. The summed E-state index contributed by atoms with van der Waals surface area (Å²) in [6, 6.07) is 0. The summed E-state index contributed by atoms with van der Waals surface area (Å²) in [4.78, 5) is 0. The fourth-order valence-electron chi connectivity index (χ4n) is 2.89. The summed E-state index contributed by atoms with van der Waals surface area (Å²) in [6.45, 7) is 0. The summed E-state index contributed by atoms with van der Waals surface area (Å²) in [7, 11) is 0. The minimum absolute atomic E-state index is 0.00406. The Balaban J connectivity index is 7.74. The quantitative estimate of drug-likeness (QED) is 0.107. The molecule has 0 aromatic rings. The molecule has 35 heteroatoms. The molecule has 0 spiro atoms. The molecule has 0 heterocycles. The van der Waals surface area contributed by atoms with Crippen LogP contribution in [0.3, 0.4) is 0 Å². The molecule has 0 nitrogen and oxygen atoms in total. The summed E-state index contributed by atoms with van der Waals surface area (Å²) in [5, 5.41) is 0. The molecule has 0 radical (unpaired) electrons. The first-order valence-electron chi connectivity index (χ1n) is 10.7. The molecule has 0 aliphatic heterocycles. The topological polar surface area (TPSA) is 0 Å². The zero-order valence-electron chi connectivity index (χ0n) is 21.8. The van der Waals surface area contributed by atoms with Gasteiger partial charge in [-0.3, -0.25) is 0 Å². The lowest BCUT2D eigenvalue weighted by Crippen LogP contribution is -2.73. The molecule has 0 bridgehead atoms. The van der Waals surface area contributed by atoms with E-state index in [9.17, 15) is 0 Å². The van der Waals surface area contributed by atoms with Crippen molar-refractivity contribution in [2.45, 2.75) is 22.8 Å². The van der Waals surface area contributed by atoms with Gasteiger partial charge >= 0.3 is 0 Å². The molecule has 0 saturated heterocycles. The normalized spacial score (nSPS) is 17.3. The van der Waals surface area contributed by atoms with E-state index in [1.807, 2.05) is 0 Å². The lowest BCUT2D eigenvalue weighted by atomic mass is 10.0. The van der Waals surface area contributed by atoms with Crippen LogP contribution in [0.2, 0.25) is 0 Å². The summed E-state index contributed by atoms with van der Waals surface area (Å²) < 4.78 is -2.07. The van der Waals surface area contributed by atoms with Crippen molar-refractivity contribution in [1.82, 2.24) is 0 Å². The molecule has 0 saturated carbocycles. The van der Waals surface area contributed by atoms with Crippen molar-refractivity contribution in [3.63, 3.8) is 0 Å². The Morgan fingerprint density at radius 2 is 0.288 bits per heavy atom. The third kappa shape index (κ3) is 15.1. The van der Waals surface area contributed by atoms with Gasteiger partial charge in [-0.2, -0.15) is 0 Å². The highest BCUT2D eigenvalue weighted by molar-refractivity contribution is 14.3. The fourth-order valence-corrected chi connectivity index (χ4v) is 59.9. The van der Waals surface area contributed by atoms with Gasteiger partial charge in [-0.15, -0.1) is 0 Å². The van der Waals surface area contributed by atoms with Crippen molar-refractivity contribution in [2.75, 3.05) is 0 Å². The van der Waals surface area contributed by atoms with Crippen molar-refractivity contribution in [3.05, 3.63) is 0 Å². The first-order chi connectivity index (χ1) is 21.7. The first-order valence-corrected chi connectivity index (χ1v) is 48.8. The van der Waals surface area contributed by atoms with E-state index in [1.54, 1.807) is 0 Å². The Labute approximate surface area is 785 Å². The maximum atomic E-state index is 2.86. The van der Waals surface area contributed by atoms with E-state index >= 15 is 0 Å². The second kappa shape index (κ2) is 28.2. The van der Waals surface area contributed by atoms with Gasteiger partial charge in [-0.1, -0.05) is 791 Å². The lowest BCUT2D eigenvalue weighted by molar-refractivity contribution is 0.613. The second-order valence-corrected chi connectivity index (χ2v) is 105. The minimum atomic E-state index is -0.238. The van der Waals surface area contributed by atoms with Crippen molar-refractivity contribution >= 4 is 791 Å². The molecule has 52 heavy (non-hydrogen) atoms. The van der Waals surface area contributed by atoms with Crippen LogP contribution >= 0.6 is 791 Å². The first kappa shape index (κ1) is 77.6. The average molecular weight is 4650 g/mol. The van der Waals surface area contributed by atoms with Gasteiger partial charge in [0.05, 0.1) is 1.93 Å². The molecule has 0 aromatic carbocycles. The van der Waals surface area contributed by atoms with Crippen LogP contribution in [-0.4, -0.2) is 22.8 Å². The molecule has 0 unspecified atom stereocenters. The van der Waals surface area contributed by atoms with Crippen LogP contribution in [0.1, 0.15) is 0 Å². The molecular formula is C17HI35. The van der Waals surface area contributed by atoms with Crippen LogP contribution in [0.15, 0.2) is 0 Å². The standard InChI is InChI=1S/C17HI35/c18-1(19)2(20,21)3(22,23)4(24,25)5(26,27)6(28,29)7(30,31)8(32,33)9(34,35)10(36,37)11(38,39)12(40,41)13(42,43)14(44,45)15(46,47)16(48,49)17(50,51)52/h1H. The lowest BCUT2D eigenvalue weighted by Gasteiger charge is -2.63. The van der Waals surface area contributed by atoms with Crippen LogP contribution in [0.4, 0.5) is 0 Å². The molecule has 0 atom stereocenters.